The van der Waals surface area contributed by atoms with E-state index in [1.165, 1.54) is 16.5 Å². The van der Waals surface area contributed by atoms with Crippen molar-refractivity contribution in [1.29, 1.82) is 0 Å². The molecule has 0 aliphatic rings. The number of benzene rings is 1. The van der Waals surface area contributed by atoms with Gasteiger partial charge in [0.2, 0.25) is 0 Å². The third kappa shape index (κ3) is 1.88. The van der Waals surface area contributed by atoms with E-state index in [-0.39, 0.29) is 0 Å². The number of rotatable bonds is 2. The Morgan fingerprint density at radius 1 is 1.17 bits per heavy atom. The van der Waals surface area contributed by atoms with E-state index in [4.69, 9.17) is 0 Å². The van der Waals surface area contributed by atoms with E-state index in [0.29, 0.717) is 0 Å². The van der Waals surface area contributed by atoms with Crippen LogP contribution in [0.25, 0.3) is 16.7 Å². The lowest BCUT2D eigenvalue weighted by Crippen LogP contribution is -1.97. The fourth-order valence-electron chi connectivity index (χ4n) is 2.03. The molecule has 2 aromatic heterocycles. The van der Waals surface area contributed by atoms with Crippen LogP contribution in [-0.2, 0) is 0 Å². The molecule has 0 aliphatic heterocycles. The molecule has 0 fully saturated rings. The monoisotopic (exact) mass is 255 g/mol. The summed E-state index contributed by atoms with van der Waals surface area (Å²) in [7, 11) is 0. The number of thioether (sulfide) groups is 1. The van der Waals surface area contributed by atoms with E-state index < -0.39 is 0 Å². The molecule has 2 heterocycles. The molecular weight excluding hydrogens is 242 g/mol. The highest BCUT2D eigenvalue weighted by Crippen LogP contribution is 2.21. The normalized spacial score (nSPS) is 11.0. The second kappa shape index (κ2) is 4.46. The minimum atomic E-state index is 0.793. The molecule has 0 amide bonds. The molecule has 0 unspecified atom stereocenters. The van der Waals surface area contributed by atoms with Gasteiger partial charge >= 0.3 is 0 Å². The zero-order valence-corrected chi connectivity index (χ0v) is 11.1. The van der Waals surface area contributed by atoms with Crippen LogP contribution in [0, 0.1) is 6.92 Å². The smallest absolute Gasteiger partial charge is 0.189 e. The van der Waals surface area contributed by atoms with Crippen LogP contribution >= 0.6 is 11.8 Å². The Morgan fingerprint density at radius 2 is 2.06 bits per heavy atom. The predicted octanol–water partition coefficient (Wildman–Crippen LogP) is 3.45. The SMILES string of the molecule is CSc1nccc(-n2ccc3cc(C)ccc32)n1. The molecule has 0 aliphatic carbocycles. The van der Waals surface area contributed by atoms with Gasteiger partial charge in [-0.1, -0.05) is 23.4 Å². The van der Waals surface area contributed by atoms with Gasteiger partial charge in [-0.05, 0) is 37.4 Å². The minimum absolute atomic E-state index is 0.793. The Hall–Kier alpha value is -1.81. The summed E-state index contributed by atoms with van der Waals surface area (Å²) < 4.78 is 2.09. The predicted molar refractivity (Wildman–Crippen MR) is 75.4 cm³/mol. The molecule has 0 radical (unpaired) electrons. The molecule has 3 aromatic rings. The molecule has 0 saturated heterocycles. The highest BCUT2D eigenvalue weighted by Gasteiger charge is 2.05. The average Bonchev–Trinajstić information content (AvgIpc) is 2.81. The molecule has 0 N–H and O–H groups in total. The van der Waals surface area contributed by atoms with Gasteiger partial charge in [0.25, 0.3) is 0 Å². The molecule has 1 aromatic carbocycles. The van der Waals surface area contributed by atoms with Crippen molar-refractivity contribution < 1.29 is 0 Å². The van der Waals surface area contributed by atoms with Gasteiger partial charge in [0, 0.05) is 17.8 Å². The first-order chi connectivity index (χ1) is 8.78. The third-order valence-electron chi connectivity index (χ3n) is 2.89. The van der Waals surface area contributed by atoms with E-state index in [1.807, 2.05) is 12.3 Å². The van der Waals surface area contributed by atoms with Crippen LogP contribution in [-0.4, -0.2) is 20.8 Å². The molecule has 3 rings (SSSR count). The summed E-state index contributed by atoms with van der Waals surface area (Å²) in [5, 5.41) is 2.03. The number of aryl methyl sites for hydroxylation is 1. The van der Waals surface area contributed by atoms with Crippen molar-refractivity contribution in [3.8, 4) is 5.82 Å². The zero-order chi connectivity index (χ0) is 12.5. The molecule has 0 spiro atoms. The van der Waals surface area contributed by atoms with Crippen LogP contribution in [0.1, 0.15) is 5.56 Å². The van der Waals surface area contributed by atoms with Crippen molar-refractivity contribution in [3.05, 3.63) is 48.3 Å². The van der Waals surface area contributed by atoms with Gasteiger partial charge in [0.15, 0.2) is 5.16 Å². The molecular formula is C14H13N3S. The van der Waals surface area contributed by atoms with E-state index in [2.05, 4.69) is 51.9 Å². The number of hydrogen-bond acceptors (Lipinski definition) is 3. The molecule has 0 saturated carbocycles. The van der Waals surface area contributed by atoms with E-state index >= 15 is 0 Å². The number of hydrogen-bond donors (Lipinski definition) is 0. The minimum Gasteiger partial charge on any atom is -0.301 e. The number of nitrogens with zero attached hydrogens (tertiary/aromatic N) is 3. The maximum absolute atomic E-state index is 4.52. The maximum atomic E-state index is 4.52. The van der Waals surface area contributed by atoms with Crippen LogP contribution in [0.4, 0.5) is 0 Å². The Balaban J connectivity index is 2.19. The third-order valence-corrected chi connectivity index (χ3v) is 3.46. The zero-order valence-electron chi connectivity index (χ0n) is 10.3. The van der Waals surface area contributed by atoms with Crippen LogP contribution in [0.2, 0.25) is 0 Å². The van der Waals surface area contributed by atoms with Crippen molar-refractivity contribution >= 4 is 22.7 Å². The standard InChI is InChI=1S/C14H13N3S/c1-10-3-4-12-11(9-10)6-8-17(12)13-5-7-15-14(16-13)18-2/h3-9H,1-2H3. The first-order valence-electron chi connectivity index (χ1n) is 5.73. The molecule has 0 atom stereocenters. The lowest BCUT2D eigenvalue weighted by atomic mass is 10.2. The lowest BCUT2D eigenvalue weighted by molar-refractivity contribution is 0.908. The van der Waals surface area contributed by atoms with Gasteiger partial charge in [-0.25, -0.2) is 9.97 Å². The molecule has 3 nitrogen and oxygen atoms in total. The summed E-state index contributed by atoms with van der Waals surface area (Å²) in [5.41, 5.74) is 2.44. The molecule has 4 heteroatoms. The maximum Gasteiger partial charge on any atom is 0.189 e. The van der Waals surface area contributed by atoms with E-state index in [0.717, 1.165) is 11.0 Å². The van der Waals surface area contributed by atoms with Crippen molar-refractivity contribution in [3.63, 3.8) is 0 Å². The first-order valence-corrected chi connectivity index (χ1v) is 6.95. The van der Waals surface area contributed by atoms with Crippen molar-refractivity contribution in [2.45, 2.75) is 12.1 Å². The van der Waals surface area contributed by atoms with Crippen molar-refractivity contribution in [2.75, 3.05) is 6.26 Å². The van der Waals surface area contributed by atoms with Crippen molar-refractivity contribution in [2.24, 2.45) is 0 Å². The van der Waals surface area contributed by atoms with E-state index in [9.17, 15) is 0 Å². The fourth-order valence-corrected chi connectivity index (χ4v) is 2.38. The van der Waals surface area contributed by atoms with Gasteiger partial charge in [-0.2, -0.15) is 0 Å². The highest BCUT2D eigenvalue weighted by atomic mass is 32.2. The average molecular weight is 255 g/mol. The van der Waals surface area contributed by atoms with Gasteiger partial charge in [-0.3, -0.25) is 0 Å². The Kier molecular flexibility index (Phi) is 2.80. The summed E-state index contributed by atoms with van der Waals surface area (Å²) in [4.78, 5) is 8.72. The van der Waals surface area contributed by atoms with Crippen LogP contribution in [0.15, 0.2) is 47.9 Å². The molecule has 90 valence electrons. The first kappa shape index (κ1) is 11.3. The summed E-state index contributed by atoms with van der Waals surface area (Å²) in [5.74, 6) is 0.910. The Labute approximate surface area is 110 Å². The molecule has 18 heavy (non-hydrogen) atoms. The van der Waals surface area contributed by atoms with Crippen molar-refractivity contribution in [1.82, 2.24) is 14.5 Å². The fraction of sp³-hybridized carbons (Fsp3) is 0.143. The second-order valence-electron chi connectivity index (χ2n) is 4.15. The highest BCUT2D eigenvalue weighted by molar-refractivity contribution is 7.98. The lowest BCUT2D eigenvalue weighted by Gasteiger charge is -2.05. The largest absolute Gasteiger partial charge is 0.301 e. The van der Waals surface area contributed by atoms with Crippen LogP contribution in [0.3, 0.4) is 0 Å². The van der Waals surface area contributed by atoms with E-state index in [1.54, 1.807) is 18.0 Å². The van der Waals surface area contributed by atoms with Gasteiger partial charge in [0.1, 0.15) is 5.82 Å². The van der Waals surface area contributed by atoms with Gasteiger partial charge in [-0.15, -0.1) is 0 Å². The quantitative estimate of drug-likeness (QED) is 0.519. The summed E-state index contributed by atoms with van der Waals surface area (Å²) in [6.07, 6.45) is 5.83. The summed E-state index contributed by atoms with van der Waals surface area (Å²) in [6, 6.07) is 10.5. The summed E-state index contributed by atoms with van der Waals surface area (Å²) >= 11 is 1.55. The number of aromatic nitrogens is 3. The Morgan fingerprint density at radius 3 is 2.89 bits per heavy atom. The van der Waals surface area contributed by atoms with Gasteiger partial charge < -0.3 is 4.57 Å². The topological polar surface area (TPSA) is 30.7 Å². The van der Waals surface area contributed by atoms with Crippen LogP contribution in [0.5, 0.6) is 0 Å². The second-order valence-corrected chi connectivity index (χ2v) is 4.92. The van der Waals surface area contributed by atoms with Crippen LogP contribution < -0.4 is 0 Å². The summed E-state index contributed by atoms with van der Waals surface area (Å²) in [6.45, 7) is 2.10. The van der Waals surface area contributed by atoms with Gasteiger partial charge in [0.05, 0.1) is 5.52 Å². The molecule has 0 bridgehead atoms. The Bertz CT molecular complexity index is 703. The number of fused-ring (bicyclic) bond motifs is 1.